The minimum Gasteiger partial charge on any atom is -0.377 e. The Hall–Kier alpha value is -3.52. The number of likely N-dealkylation sites (tertiary alicyclic amines) is 4. The number of amides is 4. The molecule has 22 nitrogen and oxygen atoms in total. The molecule has 4 amide bonds. The molecule has 10 atom stereocenters. The zero-order chi connectivity index (χ0) is 54.2. The van der Waals surface area contributed by atoms with Gasteiger partial charge in [0, 0.05) is 78.4 Å². The van der Waals surface area contributed by atoms with Gasteiger partial charge in [0.1, 0.15) is 12.3 Å². The second kappa shape index (κ2) is 29.1. The van der Waals surface area contributed by atoms with Gasteiger partial charge in [-0.25, -0.2) is 0 Å². The third-order valence-electron chi connectivity index (χ3n) is 15.0. The normalized spacial score (nSPS) is 26.4. The summed E-state index contributed by atoms with van der Waals surface area (Å²) >= 11 is 4.21. The molecule has 0 spiro atoms. The SMILES string of the molecule is CCC(C)(C(=O)CNC(=O)CCCS)N1C[C@H](OCC(C)C)C[C@H]1C(=O)N1C[C@H](OCCCNC(=N)N)C[C@H]1C(=O)N1C[C@H](OCCCNC(N)N)C[C@H]1C(=O)C(C)(CC)N1C[C@H](OCC(C)C)C[C@H]1C(N)=O. The first-order valence-electron chi connectivity index (χ1n) is 26.7. The predicted octanol–water partition coefficient (Wildman–Crippen LogP) is 0.0306. The highest BCUT2D eigenvalue weighted by molar-refractivity contribution is 7.80. The number of nitrogens with zero attached hydrogens (tertiary/aromatic N) is 4. The molecule has 418 valence electrons. The van der Waals surface area contributed by atoms with Gasteiger partial charge in [0.05, 0.1) is 60.2 Å². The lowest BCUT2D eigenvalue weighted by atomic mass is 9.84. The summed E-state index contributed by atoms with van der Waals surface area (Å²) in [6.45, 7) is 18.2. The van der Waals surface area contributed by atoms with Crippen LogP contribution in [0.5, 0.6) is 0 Å². The summed E-state index contributed by atoms with van der Waals surface area (Å²) in [6, 6.07) is -3.75. The molecule has 0 bridgehead atoms. The monoisotopic (exact) mass is 1050 g/mol. The van der Waals surface area contributed by atoms with Crippen LogP contribution in [0.25, 0.3) is 0 Å². The molecular weight excluding hydrogens is 961 g/mol. The molecule has 2 unspecified atom stereocenters. The summed E-state index contributed by atoms with van der Waals surface area (Å²) in [5.41, 5.74) is 20.5. The fraction of sp³-hybridized carbons (Fsp3) is 0.860. The Bertz CT molecular complexity index is 1850. The lowest BCUT2D eigenvalue weighted by molar-refractivity contribution is -0.152. The lowest BCUT2D eigenvalue weighted by Crippen LogP contribution is -2.63. The van der Waals surface area contributed by atoms with Gasteiger partial charge < -0.3 is 62.3 Å². The smallest absolute Gasteiger partial charge is 0.246 e. The average Bonchev–Trinajstić information content (AvgIpc) is 4.17. The second-order valence-corrected chi connectivity index (χ2v) is 22.0. The van der Waals surface area contributed by atoms with Crippen molar-refractivity contribution in [1.29, 1.82) is 5.41 Å². The molecule has 12 N–H and O–H groups in total. The number of hydrogen-bond donors (Lipinski definition) is 9. The van der Waals surface area contributed by atoms with Crippen molar-refractivity contribution in [2.75, 3.05) is 78.0 Å². The highest BCUT2D eigenvalue weighted by Crippen LogP contribution is 2.39. The lowest BCUT2D eigenvalue weighted by Gasteiger charge is -2.43. The third kappa shape index (κ3) is 17.0. The molecule has 4 fully saturated rings. The number of carbonyl (C=O) groups excluding carboxylic acids is 6. The van der Waals surface area contributed by atoms with E-state index < -0.39 is 71.7 Å². The molecule has 73 heavy (non-hydrogen) atoms. The second-order valence-electron chi connectivity index (χ2n) is 21.6. The van der Waals surface area contributed by atoms with Crippen molar-refractivity contribution in [3.8, 4) is 0 Å². The number of nitrogens with two attached hydrogens (primary N) is 4. The molecule has 4 aliphatic heterocycles. The molecule has 4 aliphatic rings. The molecule has 0 aromatic carbocycles. The Balaban J connectivity index is 1.74. The van der Waals surface area contributed by atoms with E-state index in [2.05, 4.69) is 28.6 Å². The van der Waals surface area contributed by atoms with Crippen molar-refractivity contribution in [3.63, 3.8) is 0 Å². The van der Waals surface area contributed by atoms with Gasteiger partial charge in [-0.2, -0.15) is 12.6 Å². The quantitative estimate of drug-likeness (QED) is 0.0141. The standard InChI is InChI=1S/C50H92N12O10S/c1-9-49(7,41(63)24-58-42(64)14-11-19-73)62-28-36(72-30-32(5)6)23-40(62)46(68)60-26-34(70-18-13-16-57-48(54)55)22-39(60)45(67)59-25-33(69-17-12-15-56-47(52)53)20-37(59)43(65)50(8,10-2)61-27-35(71-29-31(3)4)21-38(61)44(51)66/h31-40,47,56,73H,9-30,52-53H2,1-8H3,(H2,51,66)(H,58,64)(H4,54,55,57)/t33-,34-,35-,36-,37+,38+,39+,40+,49?,50?/m1/s1. The maximum atomic E-state index is 15.6. The summed E-state index contributed by atoms with van der Waals surface area (Å²) in [7, 11) is 0. The molecule has 23 heteroatoms. The maximum absolute atomic E-state index is 15.6. The van der Waals surface area contributed by atoms with Crippen LogP contribution in [0, 0.1) is 17.2 Å². The van der Waals surface area contributed by atoms with Crippen LogP contribution >= 0.6 is 12.6 Å². The number of carbonyl (C=O) groups is 6. The Kier molecular flexibility index (Phi) is 24.7. The van der Waals surface area contributed by atoms with Crippen LogP contribution in [-0.2, 0) is 47.7 Å². The van der Waals surface area contributed by atoms with Crippen molar-refractivity contribution in [3.05, 3.63) is 0 Å². The van der Waals surface area contributed by atoms with E-state index in [0.29, 0.717) is 77.1 Å². The molecule has 0 radical (unpaired) electrons. The van der Waals surface area contributed by atoms with Crippen LogP contribution in [0.4, 0.5) is 0 Å². The maximum Gasteiger partial charge on any atom is 0.246 e. The minimum atomic E-state index is -1.25. The van der Waals surface area contributed by atoms with Crippen LogP contribution in [0.3, 0.4) is 0 Å². The van der Waals surface area contributed by atoms with Crippen LogP contribution in [0.2, 0.25) is 0 Å². The average molecular weight is 1050 g/mol. The van der Waals surface area contributed by atoms with Gasteiger partial charge in [-0.05, 0) is 82.9 Å². The van der Waals surface area contributed by atoms with Crippen molar-refractivity contribution in [1.82, 2.24) is 35.6 Å². The topological polar surface area (TPSA) is 316 Å². The van der Waals surface area contributed by atoms with E-state index in [4.69, 9.17) is 47.3 Å². The Labute approximate surface area is 439 Å². The number of Topliss-reactive ketones (excluding diaryl/α,β-unsaturated/α-hetero) is 2. The summed E-state index contributed by atoms with van der Waals surface area (Å²) < 4.78 is 25.3. The first kappa shape index (κ1) is 62.0. The summed E-state index contributed by atoms with van der Waals surface area (Å²) in [4.78, 5) is 93.6. The Morgan fingerprint density at radius 1 is 0.658 bits per heavy atom. The first-order chi connectivity index (χ1) is 34.5. The highest BCUT2D eigenvalue weighted by atomic mass is 32.1. The van der Waals surface area contributed by atoms with E-state index in [-0.39, 0.29) is 112 Å². The number of hydrogen-bond acceptors (Lipinski definition) is 17. The van der Waals surface area contributed by atoms with Gasteiger partial charge in [0.15, 0.2) is 17.5 Å². The van der Waals surface area contributed by atoms with E-state index in [0.717, 1.165) is 0 Å². The van der Waals surface area contributed by atoms with E-state index in [9.17, 15) is 14.4 Å². The molecule has 0 aromatic rings. The van der Waals surface area contributed by atoms with E-state index in [1.165, 1.54) is 0 Å². The molecule has 4 rings (SSSR count). The summed E-state index contributed by atoms with van der Waals surface area (Å²) in [5.74, 6) is -1.38. The number of guanidine groups is 1. The minimum absolute atomic E-state index is 0.0520. The number of rotatable bonds is 32. The predicted molar refractivity (Wildman–Crippen MR) is 281 cm³/mol. The van der Waals surface area contributed by atoms with Crippen LogP contribution in [-0.4, -0.2) is 205 Å². The molecule has 0 aromatic heterocycles. The number of ether oxygens (including phenoxy) is 4. The zero-order valence-corrected chi connectivity index (χ0v) is 45.9. The van der Waals surface area contributed by atoms with E-state index in [1.54, 1.807) is 23.6 Å². The van der Waals surface area contributed by atoms with Crippen LogP contribution in [0.1, 0.15) is 120 Å². The van der Waals surface area contributed by atoms with Crippen molar-refractivity contribution < 1.29 is 47.7 Å². The third-order valence-corrected chi connectivity index (χ3v) is 15.3. The van der Waals surface area contributed by atoms with E-state index in [1.807, 2.05) is 51.3 Å². The molecule has 0 saturated carbocycles. The van der Waals surface area contributed by atoms with Gasteiger partial charge >= 0.3 is 0 Å². The van der Waals surface area contributed by atoms with Crippen LogP contribution < -0.4 is 38.9 Å². The van der Waals surface area contributed by atoms with Gasteiger partial charge in [0.25, 0.3) is 0 Å². The first-order valence-corrected chi connectivity index (χ1v) is 27.3. The summed E-state index contributed by atoms with van der Waals surface area (Å²) in [6.07, 6.45) is 0.740. The van der Waals surface area contributed by atoms with Crippen molar-refractivity contribution in [2.45, 2.75) is 186 Å². The highest BCUT2D eigenvalue weighted by Gasteiger charge is 2.57. The van der Waals surface area contributed by atoms with Crippen molar-refractivity contribution >= 4 is 53.8 Å². The van der Waals surface area contributed by atoms with E-state index >= 15 is 14.4 Å². The molecular formula is C50H92N12O10S. The molecule has 4 saturated heterocycles. The van der Waals surface area contributed by atoms with Crippen LogP contribution in [0.15, 0.2) is 0 Å². The Morgan fingerprint density at radius 2 is 1.14 bits per heavy atom. The van der Waals surface area contributed by atoms with Gasteiger partial charge in [-0.1, -0.05) is 41.5 Å². The zero-order valence-electron chi connectivity index (χ0n) is 45.0. The van der Waals surface area contributed by atoms with Gasteiger partial charge in [0.2, 0.25) is 23.6 Å². The van der Waals surface area contributed by atoms with Crippen molar-refractivity contribution in [2.24, 2.45) is 34.8 Å². The fourth-order valence-corrected chi connectivity index (χ4v) is 10.7. The molecule has 4 heterocycles. The largest absolute Gasteiger partial charge is 0.377 e. The van der Waals surface area contributed by atoms with Gasteiger partial charge in [-0.3, -0.25) is 49.3 Å². The number of primary amides is 1. The number of ketones is 2. The number of thiol groups is 1. The fourth-order valence-electron chi connectivity index (χ4n) is 10.5. The molecule has 0 aliphatic carbocycles. The summed E-state index contributed by atoms with van der Waals surface area (Å²) in [5, 5.41) is 16.0. The number of nitrogens with one attached hydrogen (secondary N) is 4. The Morgan fingerprint density at radius 3 is 1.64 bits per heavy atom. The van der Waals surface area contributed by atoms with Gasteiger partial charge in [-0.15, -0.1) is 0 Å².